The smallest absolute Gasteiger partial charge is 0.305 e. The van der Waals surface area contributed by atoms with Crippen molar-refractivity contribution < 1.29 is 9.53 Å². The lowest BCUT2D eigenvalue weighted by molar-refractivity contribution is -0.144. The summed E-state index contributed by atoms with van der Waals surface area (Å²) in [6.07, 6.45) is 4.77. The van der Waals surface area contributed by atoms with Crippen LogP contribution in [0.2, 0.25) is 5.15 Å². The molecule has 1 aromatic carbocycles. The van der Waals surface area contributed by atoms with Gasteiger partial charge >= 0.3 is 5.97 Å². The minimum absolute atomic E-state index is 0.0697. The summed E-state index contributed by atoms with van der Waals surface area (Å²) in [6, 6.07) is 7.70. The van der Waals surface area contributed by atoms with E-state index in [2.05, 4.69) is 38.8 Å². The Balaban J connectivity index is 1.76. The Morgan fingerprint density at radius 2 is 2.03 bits per heavy atom. The summed E-state index contributed by atoms with van der Waals surface area (Å²) in [5.41, 5.74) is 3.97. The zero-order valence-electron chi connectivity index (χ0n) is 18.1. The molecule has 0 fully saturated rings. The second kappa shape index (κ2) is 10.7. The molecule has 9 heteroatoms. The van der Waals surface area contributed by atoms with E-state index in [0.717, 1.165) is 28.1 Å². The van der Waals surface area contributed by atoms with E-state index in [0.29, 0.717) is 36.1 Å². The van der Waals surface area contributed by atoms with Gasteiger partial charge in [0.25, 0.3) is 0 Å². The number of nitrogens with zero attached hydrogens (tertiary/aromatic N) is 5. The number of imidazole rings is 1. The predicted molar refractivity (Wildman–Crippen MR) is 124 cm³/mol. The number of aryl methyl sites for hydroxylation is 1. The third-order valence-corrected chi connectivity index (χ3v) is 5.12. The van der Waals surface area contributed by atoms with Gasteiger partial charge in [-0.05, 0) is 21.9 Å². The van der Waals surface area contributed by atoms with E-state index in [9.17, 15) is 4.79 Å². The number of esters is 1. The summed E-state index contributed by atoms with van der Waals surface area (Å²) >= 11 is 6.31. The molecule has 0 amide bonds. The van der Waals surface area contributed by atoms with Crippen LogP contribution in [0.5, 0.6) is 0 Å². The second-order valence-corrected chi connectivity index (χ2v) is 7.38. The molecule has 8 nitrogen and oxygen atoms in total. The molecule has 32 heavy (non-hydrogen) atoms. The van der Waals surface area contributed by atoms with E-state index in [1.54, 1.807) is 6.92 Å². The predicted octanol–water partition coefficient (Wildman–Crippen LogP) is 4.56. The number of nitrogens with one attached hydrogen (secondary N) is 1. The molecular weight excluding hydrogens is 428 g/mol. The molecular formula is C23H25ClN6O2. The van der Waals surface area contributed by atoms with Crippen LogP contribution in [0.25, 0.3) is 17.0 Å². The molecule has 0 spiro atoms. The standard InChI is InChI=1S/C23H25ClN6O2/c1-5-20-25-22(24)19(14-32-21(31)6-2)30(20)13-15(3)11-12-16(4)17-9-7-8-10-18(17)23-26-28-29-27-23/h7-12H,3-6,13-14H2,1-2H3,(H,26,27,28,29)/b12-11-. The molecule has 0 aliphatic rings. The third-order valence-electron chi connectivity index (χ3n) is 4.82. The molecule has 2 heterocycles. The van der Waals surface area contributed by atoms with Gasteiger partial charge in [0.15, 0.2) is 5.15 Å². The van der Waals surface area contributed by atoms with Crippen LogP contribution in [0.1, 0.15) is 37.4 Å². The molecule has 3 aromatic rings. The number of carbonyl (C=O) groups excluding carboxylic acids is 1. The van der Waals surface area contributed by atoms with Crippen LogP contribution in [0, 0.1) is 0 Å². The summed E-state index contributed by atoms with van der Waals surface area (Å²) in [4.78, 5) is 16.0. The van der Waals surface area contributed by atoms with Crippen molar-refractivity contribution in [2.24, 2.45) is 0 Å². The summed E-state index contributed by atoms with van der Waals surface area (Å²) in [5.74, 6) is 1.01. The first-order valence-corrected chi connectivity index (χ1v) is 10.6. The van der Waals surface area contributed by atoms with Gasteiger partial charge < -0.3 is 9.30 Å². The van der Waals surface area contributed by atoms with Crippen molar-refractivity contribution in [3.05, 3.63) is 77.4 Å². The zero-order valence-corrected chi connectivity index (χ0v) is 18.9. The number of ether oxygens (including phenoxy) is 1. The highest BCUT2D eigenvalue weighted by atomic mass is 35.5. The number of hydrogen-bond donors (Lipinski definition) is 1. The Labute approximate surface area is 191 Å². The van der Waals surface area contributed by atoms with Gasteiger partial charge in [0.1, 0.15) is 12.4 Å². The number of hydrogen-bond acceptors (Lipinski definition) is 6. The van der Waals surface area contributed by atoms with E-state index in [4.69, 9.17) is 16.3 Å². The number of halogens is 1. The minimum Gasteiger partial charge on any atom is -0.459 e. The monoisotopic (exact) mass is 452 g/mol. The molecule has 166 valence electrons. The zero-order chi connectivity index (χ0) is 23.1. The van der Waals surface area contributed by atoms with Gasteiger partial charge in [0, 0.05) is 24.9 Å². The second-order valence-electron chi connectivity index (χ2n) is 7.02. The van der Waals surface area contributed by atoms with Crippen LogP contribution in [0.3, 0.4) is 0 Å². The van der Waals surface area contributed by atoms with Crippen LogP contribution in [-0.4, -0.2) is 36.1 Å². The molecule has 0 atom stereocenters. The molecule has 0 aliphatic carbocycles. The van der Waals surface area contributed by atoms with Crippen LogP contribution < -0.4 is 0 Å². The number of aromatic amines is 1. The Morgan fingerprint density at radius 3 is 2.72 bits per heavy atom. The number of tetrazole rings is 1. The minimum atomic E-state index is -0.290. The largest absolute Gasteiger partial charge is 0.459 e. The van der Waals surface area contributed by atoms with Crippen LogP contribution >= 0.6 is 11.6 Å². The number of carbonyl (C=O) groups is 1. The van der Waals surface area contributed by atoms with Crippen molar-refractivity contribution in [1.82, 2.24) is 30.2 Å². The van der Waals surface area contributed by atoms with E-state index < -0.39 is 0 Å². The number of allylic oxidation sites excluding steroid dienone is 4. The van der Waals surface area contributed by atoms with Crippen LogP contribution in [0.4, 0.5) is 0 Å². The highest BCUT2D eigenvalue weighted by molar-refractivity contribution is 6.30. The van der Waals surface area contributed by atoms with Gasteiger partial charge in [-0.2, -0.15) is 5.21 Å². The lowest BCUT2D eigenvalue weighted by Gasteiger charge is -2.12. The fourth-order valence-electron chi connectivity index (χ4n) is 3.15. The van der Waals surface area contributed by atoms with Crippen molar-refractivity contribution >= 4 is 23.1 Å². The van der Waals surface area contributed by atoms with Crippen LogP contribution in [0.15, 0.2) is 55.1 Å². The SMILES string of the molecule is C=C(/C=C\C(=C)c1ccccc1-c1nn[nH]n1)Cn1c(CC)nc(Cl)c1COC(=O)CC. The van der Waals surface area contributed by atoms with Gasteiger partial charge in [0.2, 0.25) is 5.82 Å². The van der Waals surface area contributed by atoms with Crippen LogP contribution in [-0.2, 0) is 29.1 Å². The molecule has 0 unspecified atom stereocenters. The molecule has 0 saturated carbocycles. The number of H-pyrrole nitrogens is 1. The summed E-state index contributed by atoms with van der Waals surface area (Å²) < 4.78 is 7.22. The third kappa shape index (κ3) is 5.39. The number of aromatic nitrogens is 6. The van der Waals surface area contributed by atoms with Crippen molar-refractivity contribution in [2.75, 3.05) is 0 Å². The lowest BCUT2D eigenvalue weighted by atomic mass is 9.99. The van der Waals surface area contributed by atoms with E-state index in [-0.39, 0.29) is 12.6 Å². The molecule has 0 radical (unpaired) electrons. The maximum Gasteiger partial charge on any atom is 0.305 e. The molecule has 2 aromatic heterocycles. The highest BCUT2D eigenvalue weighted by Gasteiger charge is 2.17. The molecule has 0 aliphatic heterocycles. The Bertz CT molecular complexity index is 1150. The van der Waals surface area contributed by atoms with E-state index >= 15 is 0 Å². The fraction of sp³-hybridized carbons (Fsp3) is 0.261. The van der Waals surface area contributed by atoms with Gasteiger partial charge in [-0.1, -0.05) is 75.0 Å². The summed E-state index contributed by atoms with van der Waals surface area (Å²) in [5, 5.41) is 14.5. The van der Waals surface area contributed by atoms with Gasteiger partial charge in [-0.3, -0.25) is 4.79 Å². The Morgan fingerprint density at radius 1 is 1.25 bits per heavy atom. The number of rotatable bonds is 10. The molecule has 3 rings (SSSR count). The molecule has 0 bridgehead atoms. The summed E-state index contributed by atoms with van der Waals surface area (Å²) in [6.45, 7) is 12.6. The Kier molecular flexibility index (Phi) is 7.72. The maximum absolute atomic E-state index is 11.6. The number of benzene rings is 1. The Hall–Kier alpha value is -3.52. The molecule has 1 N–H and O–H groups in total. The average molecular weight is 453 g/mol. The van der Waals surface area contributed by atoms with Crippen molar-refractivity contribution in [3.63, 3.8) is 0 Å². The highest BCUT2D eigenvalue weighted by Crippen LogP contribution is 2.26. The van der Waals surface area contributed by atoms with Gasteiger partial charge in [-0.15, -0.1) is 10.2 Å². The lowest BCUT2D eigenvalue weighted by Crippen LogP contribution is -2.11. The van der Waals surface area contributed by atoms with Crippen molar-refractivity contribution in [2.45, 2.75) is 39.8 Å². The van der Waals surface area contributed by atoms with E-state index in [1.807, 2.05) is 47.9 Å². The first kappa shape index (κ1) is 23.1. The van der Waals surface area contributed by atoms with Crippen molar-refractivity contribution in [1.29, 1.82) is 0 Å². The van der Waals surface area contributed by atoms with E-state index in [1.165, 1.54) is 0 Å². The topological polar surface area (TPSA) is 98.6 Å². The average Bonchev–Trinajstić information content (AvgIpc) is 3.44. The first-order chi connectivity index (χ1) is 15.4. The maximum atomic E-state index is 11.6. The van der Waals surface area contributed by atoms with Crippen molar-refractivity contribution in [3.8, 4) is 11.4 Å². The first-order valence-electron chi connectivity index (χ1n) is 10.2. The normalized spacial score (nSPS) is 11.1. The van der Waals surface area contributed by atoms with Gasteiger partial charge in [-0.25, -0.2) is 4.98 Å². The van der Waals surface area contributed by atoms with Gasteiger partial charge in [0.05, 0.1) is 5.69 Å². The summed E-state index contributed by atoms with van der Waals surface area (Å²) in [7, 11) is 0. The fourth-order valence-corrected chi connectivity index (χ4v) is 3.40. The quantitative estimate of drug-likeness (QED) is 0.357. The molecule has 0 saturated heterocycles.